The van der Waals surface area contributed by atoms with Crippen LogP contribution in [0.25, 0.3) is 0 Å². The first-order chi connectivity index (χ1) is 27.4. The Kier molecular flexibility index (Phi) is 18.7. The summed E-state index contributed by atoms with van der Waals surface area (Å²) in [7, 11) is -22.4. The van der Waals surface area contributed by atoms with E-state index in [4.69, 9.17) is 9.29 Å². The molecule has 6 N–H and O–H groups in total. The predicted molar refractivity (Wildman–Crippen MR) is 218 cm³/mol. The Balaban J connectivity index is 2.84. The van der Waals surface area contributed by atoms with Crippen LogP contribution in [0.5, 0.6) is 0 Å². The Morgan fingerprint density at radius 3 is 1.83 bits per heavy atom. The summed E-state index contributed by atoms with van der Waals surface area (Å²) < 4.78 is 169. The van der Waals surface area contributed by atoms with E-state index in [1.165, 1.54) is 60.6 Å². The Morgan fingerprint density at radius 1 is 0.750 bits per heavy atom. The number of aryl methyl sites for hydroxylation is 1. The molecule has 0 spiro atoms. The van der Waals surface area contributed by atoms with Crippen LogP contribution in [0.15, 0.2) is 59.2 Å². The van der Waals surface area contributed by atoms with Crippen molar-refractivity contribution in [1.29, 1.82) is 0 Å². The first kappa shape index (κ1) is 52.0. The quantitative estimate of drug-likeness (QED) is 0.0220. The lowest BCUT2D eigenvalue weighted by atomic mass is 10.0. The van der Waals surface area contributed by atoms with Crippen molar-refractivity contribution in [2.75, 3.05) is 47.6 Å². The summed E-state index contributed by atoms with van der Waals surface area (Å²) >= 11 is 0. The van der Waals surface area contributed by atoms with Crippen molar-refractivity contribution in [3.63, 3.8) is 0 Å². The van der Waals surface area contributed by atoms with Crippen molar-refractivity contribution >= 4 is 79.6 Å². The molecule has 0 fully saturated rings. The third-order valence-corrected chi connectivity index (χ3v) is 12.5. The molecule has 0 aliphatic heterocycles. The molecule has 0 aliphatic carbocycles. The normalized spacial score (nSPS) is 13.6. The highest BCUT2D eigenvalue weighted by Crippen LogP contribution is 2.30. The van der Waals surface area contributed by atoms with Gasteiger partial charge < -0.3 is 14.7 Å². The van der Waals surface area contributed by atoms with Crippen LogP contribution >= 0.6 is 0 Å². The van der Waals surface area contributed by atoms with Gasteiger partial charge in [0.1, 0.15) is 6.54 Å². The second-order valence-corrected chi connectivity index (χ2v) is 21.0. The van der Waals surface area contributed by atoms with Crippen molar-refractivity contribution in [2.24, 2.45) is 0 Å². The van der Waals surface area contributed by atoms with Gasteiger partial charge in [-0.05, 0) is 75.9 Å². The number of benzene rings is 2. The summed E-state index contributed by atoms with van der Waals surface area (Å²) in [5.41, 5.74) is 0.599. The van der Waals surface area contributed by atoms with Gasteiger partial charge in [-0.3, -0.25) is 22.8 Å². The maximum absolute atomic E-state index is 13.1. The van der Waals surface area contributed by atoms with E-state index < -0.39 is 103 Å². The second-order valence-electron chi connectivity index (χ2n) is 13.3. The molecule has 26 heteroatoms. The number of ether oxygens (including phenoxy) is 1. The second kappa shape index (κ2) is 21.6. The lowest BCUT2D eigenvalue weighted by Crippen LogP contribution is -2.26. The number of carboxylic acids is 1. The fourth-order valence-electron chi connectivity index (χ4n) is 5.74. The Morgan fingerprint density at radius 2 is 1.30 bits per heavy atom. The predicted octanol–water partition coefficient (Wildman–Crippen LogP) is 2.96. The van der Waals surface area contributed by atoms with Crippen molar-refractivity contribution < 1.29 is 88.9 Å². The van der Waals surface area contributed by atoms with E-state index in [9.17, 15) is 75.0 Å². The van der Waals surface area contributed by atoms with E-state index in [0.29, 0.717) is 0 Å². The number of allylic oxidation sites excluding steroid dienone is 4. The van der Waals surface area contributed by atoms with E-state index in [-0.39, 0.29) is 84.7 Å². The topological polar surface area (TPSA) is 342 Å². The first-order valence-corrected chi connectivity index (χ1v) is 25.5. The molecule has 0 saturated heterocycles. The monoisotopic (exact) mass is 947 g/mol. The SMILES string of the molecule is C/C(=C\C=C\C(CCCS(=O)(=O)O)=[N+](CCCS(=O)(=O)O)c1ccc(S(=O)(=O)O)cc1C)N(CCCS(=O)(=O)O)c1cc(C(=O)O)cc(C(=O)OCCCS(=O)(=O)O)c1C. The van der Waals surface area contributed by atoms with Crippen molar-refractivity contribution in [2.45, 2.75) is 57.8 Å². The van der Waals surface area contributed by atoms with E-state index >= 15 is 0 Å². The van der Waals surface area contributed by atoms with Crippen molar-refractivity contribution in [3.05, 3.63) is 76.5 Å². The van der Waals surface area contributed by atoms with Gasteiger partial charge in [0.25, 0.3) is 50.6 Å². The highest BCUT2D eigenvalue weighted by molar-refractivity contribution is 7.86. The Labute approximate surface area is 348 Å². The standard InChI is InChI=1S/C34H46N2O19S5/c1-24-21-29(60(52,53)54)12-13-31(24)36(15-7-19-58(46,47)48)28(11-5-17-56(40,41)42)10-4-9-25(2)35(14-6-18-57(43,44)45)32-23-27(33(37)38)22-30(26(32)3)34(39)55-16-8-20-59(49,50)51/h4,9-10,12-13,21-23H,5-8,11,14-20H2,1-3H3,(H5-,37,38,40,41,42,43,44,45,46,47,48,49,50,51,52,53,54)/p+1. The number of aromatic carboxylic acids is 1. The van der Waals surface area contributed by atoms with Crippen molar-refractivity contribution in [1.82, 2.24) is 0 Å². The van der Waals surface area contributed by atoms with E-state index in [1.54, 1.807) is 0 Å². The number of hydrogen-bond donors (Lipinski definition) is 6. The average molecular weight is 948 g/mol. The third-order valence-electron chi connectivity index (χ3n) is 8.48. The molecule has 336 valence electrons. The molecule has 2 aromatic carbocycles. The van der Waals surface area contributed by atoms with Crippen LogP contribution in [0.4, 0.5) is 11.4 Å². The van der Waals surface area contributed by atoms with Crippen LogP contribution in [-0.2, 0) is 55.3 Å². The molecule has 0 saturated carbocycles. The minimum Gasteiger partial charge on any atom is -0.478 e. The molecule has 0 amide bonds. The highest BCUT2D eigenvalue weighted by Gasteiger charge is 2.25. The number of nitrogens with zero attached hydrogens (tertiary/aromatic N) is 2. The van der Waals surface area contributed by atoms with Gasteiger partial charge in [0, 0.05) is 48.5 Å². The van der Waals surface area contributed by atoms with Gasteiger partial charge in [-0.25, -0.2) is 9.59 Å². The molecule has 0 bridgehead atoms. The number of carboxylic acid groups (broad SMARTS) is 1. The lowest BCUT2D eigenvalue weighted by molar-refractivity contribution is -0.441. The molecule has 60 heavy (non-hydrogen) atoms. The molecule has 21 nitrogen and oxygen atoms in total. The molecule has 0 heterocycles. The molecule has 2 rings (SSSR count). The molecular formula is C34H47N2O19S5+. The fraction of sp³-hybridized carbons (Fsp3) is 0.441. The smallest absolute Gasteiger partial charge is 0.338 e. The molecule has 0 atom stereocenters. The number of hydrogen-bond acceptors (Lipinski definition) is 14. The maximum Gasteiger partial charge on any atom is 0.338 e. The van der Waals surface area contributed by atoms with E-state index in [2.05, 4.69) is 0 Å². The molecule has 0 aliphatic rings. The summed E-state index contributed by atoms with van der Waals surface area (Å²) in [6.07, 6.45) is 3.31. The van der Waals surface area contributed by atoms with Gasteiger partial charge in [0.15, 0.2) is 5.71 Å². The molecule has 2 aromatic rings. The minimum atomic E-state index is -4.65. The number of carbonyl (C=O) groups excluding carboxylic acids is 1. The van der Waals surface area contributed by atoms with Gasteiger partial charge in [-0.2, -0.15) is 46.7 Å². The van der Waals surface area contributed by atoms with E-state index in [0.717, 1.165) is 18.2 Å². The zero-order chi connectivity index (χ0) is 45.9. The highest BCUT2D eigenvalue weighted by atomic mass is 32.2. The minimum absolute atomic E-state index is 0.0658. The third kappa shape index (κ3) is 18.7. The van der Waals surface area contributed by atoms with Crippen LogP contribution in [-0.4, -0.2) is 135 Å². The van der Waals surface area contributed by atoms with Crippen LogP contribution in [0.1, 0.15) is 70.9 Å². The van der Waals surface area contributed by atoms with Gasteiger partial charge in [0.05, 0.1) is 45.6 Å². The number of rotatable bonds is 24. The van der Waals surface area contributed by atoms with Crippen LogP contribution in [0, 0.1) is 13.8 Å². The Hall–Kier alpha value is -4.12. The fourth-order valence-corrected chi connectivity index (χ4v) is 8.28. The van der Waals surface area contributed by atoms with Gasteiger partial charge in [0.2, 0.25) is 5.69 Å². The van der Waals surface area contributed by atoms with Gasteiger partial charge in [-0.1, -0.05) is 6.08 Å². The van der Waals surface area contributed by atoms with Crippen molar-refractivity contribution in [3.8, 4) is 0 Å². The lowest BCUT2D eigenvalue weighted by Gasteiger charge is -2.28. The zero-order valence-electron chi connectivity index (χ0n) is 32.5. The van der Waals surface area contributed by atoms with E-state index in [1.807, 2.05) is 0 Å². The largest absolute Gasteiger partial charge is 0.478 e. The summed E-state index contributed by atoms with van der Waals surface area (Å²) in [5.74, 6) is -5.39. The number of carbonyl (C=O) groups is 2. The summed E-state index contributed by atoms with van der Waals surface area (Å²) in [6, 6.07) is 5.70. The number of anilines is 1. The van der Waals surface area contributed by atoms with Gasteiger partial charge >= 0.3 is 11.9 Å². The van der Waals surface area contributed by atoms with Crippen LogP contribution < -0.4 is 4.90 Å². The maximum atomic E-state index is 13.1. The summed E-state index contributed by atoms with van der Waals surface area (Å²) in [5, 5.41) is 9.91. The molecular weight excluding hydrogens is 901 g/mol. The van der Waals surface area contributed by atoms with Gasteiger partial charge in [-0.15, -0.1) is 0 Å². The Bertz CT molecular complexity index is 2580. The van der Waals surface area contributed by atoms with Crippen LogP contribution in [0.3, 0.4) is 0 Å². The molecule has 0 radical (unpaired) electrons. The first-order valence-electron chi connectivity index (χ1n) is 17.6. The zero-order valence-corrected chi connectivity index (χ0v) is 36.6. The number of esters is 1. The summed E-state index contributed by atoms with van der Waals surface area (Å²) in [4.78, 5) is 26.3. The summed E-state index contributed by atoms with van der Waals surface area (Å²) in [6.45, 7) is 3.60. The molecule has 0 unspecified atom stereocenters. The average Bonchev–Trinajstić information content (AvgIpc) is 3.08. The van der Waals surface area contributed by atoms with Crippen LogP contribution in [0.2, 0.25) is 0 Å². The molecule has 0 aromatic heterocycles.